The highest BCUT2D eigenvalue weighted by Crippen LogP contribution is 2.45. The highest BCUT2D eigenvalue weighted by Gasteiger charge is 2.48. The van der Waals surface area contributed by atoms with E-state index in [1.54, 1.807) is 30.3 Å². The van der Waals surface area contributed by atoms with E-state index in [1.165, 1.54) is 30.5 Å². The summed E-state index contributed by atoms with van der Waals surface area (Å²) in [5, 5.41) is 11.6. The second kappa shape index (κ2) is 8.88. The fourth-order valence-corrected chi connectivity index (χ4v) is 5.19. The standard InChI is InChI=1S/C27H22N2O5S/c1-15-8-10-16(11-9-15)24(30)22-23(17-12-13-19(33-2)20(14-17)34-3)29(26(32)25(22)31)27-28-18-6-4-5-7-21(18)35-27/h4-14,23,30H,1-3H3/b24-22+. The maximum absolute atomic E-state index is 13.4. The number of aliphatic hydroxyl groups is 1. The molecule has 4 aromatic rings. The summed E-state index contributed by atoms with van der Waals surface area (Å²) in [5.74, 6) is -0.826. The maximum atomic E-state index is 13.4. The van der Waals surface area contributed by atoms with Gasteiger partial charge in [0.15, 0.2) is 16.6 Å². The Bertz CT molecular complexity index is 1460. The average Bonchev–Trinajstić information content (AvgIpc) is 3.42. The largest absolute Gasteiger partial charge is 0.507 e. The minimum Gasteiger partial charge on any atom is -0.507 e. The van der Waals surface area contributed by atoms with E-state index in [0.29, 0.717) is 27.8 Å². The molecule has 0 saturated carbocycles. The van der Waals surface area contributed by atoms with Gasteiger partial charge in [-0.15, -0.1) is 0 Å². The molecule has 1 atom stereocenters. The molecule has 5 rings (SSSR count). The molecule has 7 nitrogen and oxygen atoms in total. The summed E-state index contributed by atoms with van der Waals surface area (Å²) in [6.07, 6.45) is 0. The molecule has 0 radical (unpaired) electrons. The molecule has 1 saturated heterocycles. The van der Waals surface area contributed by atoms with Crippen molar-refractivity contribution in [2.24, 2.45) is 0 Å². The summed E-state index contributed by atoms with van der Waals surface area (Å²) in [7, 11) is 3.04. The number of hydrogen-bond donors (Lipinski definition) is 1. The van der Waals surface area contributed by atoms with E-state index in [2.05, 4.69) is 4.98 Å². The van der Waals surface area contributed by atoms with Crippen molar-refractivity contribution in [3.05, 3.63) is 89.0 Å². The number of para-hydroxylation sites is 1. The van der Waals surface area contributed by atoms with Gasteiger partial charge in [0.05, 0.1) is 36.1 Å². The summed E-state index contributed by atoms with van der Waals surface area (Å²) in [6.45, 7) is 1.93. The van der Waals surface area contributed by atoms with E-state index in [0.717, 1.165) is 15.8 Å². The van der Waals surface area contributed by atoms with Crippen LogP contribution in [0, 0.1) is 6.92 Å². The molecule has 1 N–H and O–H groups in total. The average molecular weight is 487 g/mol. The number of nitrogens with zero attached hydrogens (tertiary/aromatic N) is 2. The lowest BCUT2D eigenvalue weighted by Gasteiger charge is -2.23. The number of aliphatic hydroxyl groups excluding tert-OH is 1. The van der Waals surface area contributed by atoms with Crippen molar-refractivity contribution in [3.8, 4) is 11.5 Å². The predicted octanol–water partition coefficient (Wildman–Crippen LogP) is 5.25. The van der Waals surface area contributed by atoms with E-state index < -0.39 is 17.7 Å². The van der Waals surface area contributed by atoms with Crippen LogP contribution in [-0.2, 0) is 9.59 Å². The first-order valence-corrected chi connectivity index (χ1v) is 11.7. The first-order chi connectivity index (χ1) is 16.9. The number of fused-ring (bicyclic) bond motifs is 1. The van der Waals surface area contributed by atoms with Gasteiger partial charge in [-0.2, -0.15) is 0 Å². The van der Waals surface area contributed by atoms with Crippen LogP contribution in [0.3, 0.4) is 0 Å². The summed E-state index contributed by atoms with van der Waals surface area (Å²) >= 11 is 1.31. The summed E-state index contributed by atoms with van der Waals surface area (Å²) in [5.41, 5.74) is 2.75. The monoisotopic (exact) mass is 486 g/mol. The topological polar surface area (TPSA) is 89.0 Å². The van der Waals surface area contributed by atoms with Gasteiger partial charge in [-0.1, -0.05) is 59.4 Å². The van der Waals surface area contributed by atoms with Crippen LogP contribution in [0.2, 0.25) is 0 Å². The number of ether oxygens (including phenoxy) is 2. The number of carbonyl (C=O) groups is 2. The number of benzene rings is 3. The first kappa shape index (κ1) is 22.6. The minimum atomic E-state index is -0.906. The van der Waals surface area contributed by atoms with Gasteiger partial charge in [0.2, 0.25) is 0 Å². The van der Waals surface area contributed by atoms with Crippen LogP contribution in [0.25, 0.3) is 16.0 Å². The van der Waals surface area contributed by atoms with Gasteiger partial charge in [-0.3, -0.25) is 14.5 Å². The molecule has 8 heteroatoms. The fourth-order valence-electron chi connectivity index (χ4n) is 4.20. The van der Waals surface area contributed by atoms with Gasteiger partial charge in [0.25, 0.3) is 5.78 Å². The van der Waals surface area contributed by atoms with E-state index in [-0.39, 0.29) is 11.3 Å². The molecular weight excluding hydrogens is 464 g/mol. The van der Waals surface area contributed by atoms with Crippen LogP contribution < -0.4 is 14.4 Å². The zero-order valence-corrected chi connectivity index (χ0v) is 20.1. The lowest BCUT2D eigenvalue weighted by atomic mass is 9.95. The Morgan fingerprint density at radius 2 is 1.69 bits per heavy atom. The SMILES string of the molecule is COc1ccc(C2/C(=C(\O)c3ccc(C)cc3)C(=O)C(=O)N2c2nc3ccccc3s2)cc1OC. The van der Waals surface area contributed by atoms with Crippen LogP contribution in [0.1, 0.15) is 22.7 Å². The van der Waals surface area contributed by atoms with Crippen molar-refractivity contribution in [3.63, 3.8) is 0 Å². The Hall–Kier alpha value is -4.17. The molecule has 0 spiro atoms. The predicted molar refractivity (Wildman–Crippen MR) is 135 cm³/mol. The van der Waals surface area contributed by atoms with Crippen molar-refractivity contribution in [2.45, 2.75) is 13.0 Å². The molecule has 1 unspecified atom stereocenters. The first-order valence-electron chi connectivity index (χ1n) is 10.9. The Morgan fingerprint density at radius 1 is 0.971 bits per heavy atom. The van der Waals surface area contributed by atoms with Crippen molar-refractivity contribution < 1.29 is 24.2 Å². The van der Waals surface area contributed by atoms with E-state index >= 15 is 0 Å². The second-order valence-electron chi connectivity index (χ2n) is 8.11. The Balaban J connectivity index is 1.75. The number of ketones is 1. The molecule has 35 heavy (non-hydrogen) atoms. The number of anilines is 1. The smallest absolute Gasteiger partial charge is 0.301 e. The zero-order valence-electron chi connectivity index (χ0n) is 19.3. The highest BCUT2D eigenvalue weighted by atomic mass is 32.1. The van der Waals surface area contributed by atoms with Crippen LogP contribution in [0.15, 0.2) is 72.3 Å². The molecule has 1 aliphatic heterocycles. The van der Waals surface area contributed by atoms with Gasteiger partial charge in [0, 0.05) is 5.56 Å². The van der Waals surface area contributed by atoms with E-state index in [1.807, 2.05) is 43.3 Å². The highest BCUT2D eigenvalue weighted by molar-refractivity contribution is 7.22. The normalized spacial score (nSPS) is 17.2. The van der Waals surface area contributed by atoms with Crippen LogP contribution >= 0.6 is 11.3 Å². The second-order valence-corrected chi connectivity index (χ2v) is 9.12. The van der Waals surface area contributed by atoms with Crippen molar-refractivity contribution in [1.29, 1.82) is 0 Å². The summed E-state index contributed by atoms with van der Waals surface area (Å²) in [4.78, 5) is 32.7. The molecule has 0 aliphatic carbocycles. The van der Waals surface area contributed by atoms with E-state index in [9.17, 15) is 14.7 Å². The number of thiazole rings is 1. The van der Waals surface area contributed by atoms with Gasteiger partial charge < -0.3 is 14.6 Å². The number of Topliss-reactive ketones (excluding diaryl/α,β-unsaturated/α-hetero) is 1. The van der Waals surface area contributed by atoms with Crippen molar-refractivity contribution >= 4 is 44.1 Å². The van der Waals surface area contributed by atoms with Crippen molar-refractivity contribution in [2.75, 3.05) is 19.1 Å². The fraction of sp³-hybridized carbons (Fsp3) is 0.148. The number of aromatic nitrogens is 1. The lowest BCUT2D eigenvalue weighted by molar-refractivity contribution is -0.132. The Labute approximate surface area is 205 Å². The van der Waals surface area contributed by atoms with Crippen LogP contribution in [0.5, 0.6) is 11.5 Å². The summed E-state index contributed by atoms with van der Waals surface area (Å²) < 4.78 is 11.7. The minimum absolute atomic E-state index is 0.00895. The summed E-state index contributed by atoms with van der Waals surface area (Å²) in [6, 6.07) is 18.9. The third-order valence-corrected chi connectivity index (χ3v) is 7.02. The van der Waals surface area contributed by atoms with Gasteiger partial charge in [-0.05, 0) is 36.8 Å². The number of carbonyl (C=O) groups excluding carboxylic acids is 2. The van der Waals surface area contributed by atoms with Crippen LogP contribution in [0.4, 0.5) is 5.13 Å². The number of amides is 1. The molecular formula is C27H22N2O5S. The quantitative estimate of drug-likeness (QED) is 0.236. The lowest BCUT2D eigenvalue weighted by Crippen LogP contribution is -2.29. The molecule has 1 fully saturated rings. The van der Waals surface area contributed by atoms with Crippen LogP contribution in [-0.4, -0.2) is 36.0 Å². The Morgan fingerprint density at radius 3 is 2.37 bits per heavy atom. The third kappa shape index (κ3) is 3.81. The number of methoxy groups -OCH3 is 2. The molecule has 1 aliphatic rings. The molecule has 1 amide bonds. The number of hydrogen-bond acceptors (Lipinski definition) is 7. The van der Waals surface area contributed by atoms with E-state index in [4.69, 9.17) is 9.47 Å². The maximum Gasteiger partial charge on any atom is 0.301 e. The van der Waals surface area contributed by atoms with Gasteiger partial charge in [0.1, 0.15) is 5.76 Å². The zero-order chi connectivity index (χ0) is 24.7. The number of aryl methyl sites for hydroxylation is 1. The molecule has 2 heterocycles. The molecule has 176 valence electrons. The van der Waals surface area contributed by atoms with Gasteiger partial charge >= 0.3 is 5.91 Å². The molecule has 3 aromatic carbocycles. The van der Waals surface area contributed by atoms with Gasteiger partial charge in [-0.25, -0.2) is 4.98 Å². The third-order valence-electron chi connectivity index (χ3n) is 5.98. The Kier molecular flexibility index (Phi) is 5.74. The van der Waals surface area contributed by atoms with Crippen molar-refractivity contribution in [1.82, 2.24) is 4.98 Å². The molecule has 1 aromatic heterocycles. The molecule has 0 bridgehead atoms. The number of rotatable bonds is 5.